The van der Waals surface area contributed by atoms with Gasteiger partial charge in [-0.25, -0.2) is 0 Å². The molecule has 1 aliphatic carbocycles. The molecule has 6 aromatic rings. The van der Waals surface area contributed by atoms with Gasteiger partial charge in [-0.1, -0.05) is 78.4 Å². The normalized spacial score (nSPS) is 13.4. The minimum atomic E-state index is 1.08. The quantitative estimate of drug-likeness (QED) is 0.240. The van der Waals surface area contributed by atoms with Gasteiger partial charge in [-0.2, -0.15) is 0 Å². The number of aromatic nitrogens is 1. The molecule has 0 radical (unpaired) electrons. The number of allylic oxidation sites excluding steroid dienone is 1. The number of benzene rings is 5. The van der Waals surface area contributed by atoms with Crippen molar-refractivity contribution in [3.63, 3.8) is 0 Å². The molecule has 0 unspecified atom stereocenters. The molecule has 0 aliphatic heterocycles. The van der Waals surface area contributed by atoms with Gasteiger partial charge in [0.05, 0.1) is 5.52 Å². The van der Waals surface area contributed by atoms with Crippen LogP contribution in [0.1, 0.15) is 23.2 Å². The first-order chi connectivity index (χ1) is 15.8. The predicted octanol–water partition coefficient (Wildman–Crippen LogP) is 8.36. The first-order valence-corrected chi connectivity index (χ1v) is 11.4. The zero-order valence-electron chi connectivity index (χ0n) is 18.1. The van der Waals surface area contributed by atoms with E-state index in [1.807, 2.05) is 0 Å². The third kappa shape index (κ3) is 2.39. The summed E-state index contributed by atoms with van der Waals surface area (Å²) in [5.41, 5.74) is 6.68. The van der Waals surface area contributed by atoms with Crippen molar-refractivity contribution in [2.24, 2.45) is 0 Å². The van der Waals surface area contributed by atoms with Gasteiger partial charge in [0.1, 0.15) is 0 Å². The summed E-state index contributed by atoms with van der Waals surface area (Å²) < 4.78 is 2.50. The van der Waals surface area contributed by atoms with Gasteiger partial charge in [0.2, 0.25) is 0 Å². The van der Waals surface area contributed by atoms with Crippen LogP contribution in [0, 0.1) is 6.92 Å². The lowest BCUT2D eigenvalue weighted by Gasteiger charge is -2.16. The highest BCUT2D eigenvalue weighted by molar-refractivity contribution is 6.25. The average molecular weight is 410 g/mol. The summed E-state index contributed by atoms with van der Waals surface area (Å²) in [6, 6.07) is 31.5. The minimum Gasteiger partial charge on any atom is -0.313 e. The summed E-state index contributed by atoms with van der Waals surface area (Å²) in [6.07, 6.45) is 6.81. The number of fused-ring (bicyclic) bond motifs is 9. The summed E-state index contributed by atoms with van der Waals surface area (Å²) in [7, 11) is 0. The van der Waals surface area contributed by atoms with E-state index in [0.29, 0.717) is 0 Å². The fourth-order valence-corrected chi connectivity index (χ4v) is 5.67. The van der Waals surface area contributed by atoms with Gasteiger partial charge >= 0.3 is 0 Å². The lowest BCUT2D eigenvalue weighted by Crippen LogP contribution is -2.03. The van der Waals surface area contributed by atoms with E-state index in [2.05, 4.69) is 109 Å². The van der Waals surface area contributed by atoms with Gasteiger partial charge < -0.3 is 4.57 Å². The number of hydrogen-bond donors (Lipinski definition) is 0. The molecule has 152 valence electrons. The maximum Gasteiger partial charge on any atom is 0.0537 e. The summed E-state index contributed by atoms with van der Waals surface area (Å²) >= 11 is 0. The minimum absolute atomic E-state index is 1.08. The van der Waals surface area contributed by atoms with E-state index in [1.54, 1.807) is 0 Å². The van der Waals surface area contributed by atoms with Crippen molar-refractivity contribution >= 4 is 49.3 Å². The fourth-order valence-electron chi connectivity index (χ4n) is 5.67. The van der Waals surface area contributed by atoms with Crippen LogP contribution in [-0.2, 0) is 6.42 Å². The number of nitrogens with zero attached hydrogens (tertiary/aromatic N) is 1. The van der Waals surface area contributed by atoms with Crippen molar-refractivity contribution in [2.45, 2.75) is 19.8 Å². The van der Waals surface area contributed by atoms with Gasteiger partial charge in [0, 0.05) is 22.3 Å². The maximum absolute atomic E-state index is 2.50. The molecule has 1 aliphatic rings. The van der Waals surface area contributed by atoms with Crippen LogP contribution in [0.5, 0.6) is 0 Å². The molecule has 0 saturated carbocycles. The Morgan fingerprint density at radius 3 is 2.00 bits per heavy atom. The zero-order chi connectivity index (χ0) is 21.2. The molecule has 0 N–H and O–H groups in total. The summed E-state index contributed by atoms with van der Waals surface area (Å²) in [4.78, 5) is 0. The van der Waals surface area contributed by atoms with Crippen LogP contribution in [0.25, 0.3) is 55.0 Å². The van der Waals surface area contributed by atoms with Crippen molar-refractivity contribution in [1.29, 1.82) is 0 Å². The first-order valence-electron chi connectivity index (χ1n) is 11.4. The number of hydrogen-bond acceptors (Lipinski definition) is 0. The van der Waals surface area contributed by atoms with Gasteiger partial charge in [0.15, 0.2) is 0 Å². The molecular formula is C31H23N. The van der Waals surface area contributed by atoms with Crippen molar-refractivity contribution in [1.82, 2.24) is 4.57 Å². The van der Waals surface area contributed by atoms with E-state index in [-0.39, 0.29) is 0 Å². The number of aryl methyl sites for hydroxylation is 1. The Hall–Kier alpha value is -3.84. The fraction of sp³-hybridized carbons (Fsp3) is 0.0968. The molecule has 5 aromatic carbocycles. The van der Waals surface area contributed by atoms with E-state index in [9.17, 15) is 0 Å². The highest BCUT2D eigenvalue weighted by Gasteiger charge is 2.19. The van der Waals surface area contributed by atoms with Crippen LogP contribution in [0.15, 0.2) is 91.0 Å². The van der Waals surface area contributed by atoms with Gasteiger partial charge in [0.25, 0.3) is 0 Å². The second-order valence-electron chi connectivity index (χ2n) is 8.98. The molecule has 1 heterocycles. The molecule has 0 spiro atoms. The van der Waals surface area contributed by atoms with Crippen LogP contribution in [-0.4, -0.2) is 4.57 Å². The monoisotopic (exact) mass is 409 g/mol. The maximum atomic E-state index is 2.50. The molecule has 32 heavy (non-hydrogen) atoms. The Morgan fingerprint density at radius 2 is 1.28 bits per heavy atom. The SMILES string of the molecule is Cc1ccc2c(c1)c1c(n2-c2ccc3c4ccccc4c4ccccc4c3c2)CCC=C1. The summed E-state index contributed by atoms with van der Waals surface area (Å²) in [5.74, 6) is 0. The van der Waals surface area contributed by atoms with Crippen LogP contribution >= 0.6 is 0 Å². The zero-order valence-corrected chi connectivity index (χ0v) is 18.1. The van der Waals surface area contributed by atoms with Crippen molar-refractivity contribution in [3.05, 3.63) is 108 Å². The third-order valence-corrected chi connectivity index (χ3v) is 7.08. The molecule has 1 nitrogen and oxygen atoms in total. The second kappa shape index (κ2) is 6.58. The first kappa shape index (κ1) is 17.8. The molecular weight excluding hydrogens is 386 g/mol. The summed E-state index contributed by atoms with van der Waals surface area (Å²) in [5, 5.41) is 9.31. The van der Waals surface area contributed by atoms with Crippen LogP contribution in [0.4, 0.5) is 0 Å². The molecule has 0 saturated heterocycles. The van der Waals surface area contributed by atoms with E-state index in [0.717, 1.165) is 12.8 Å². The van der Waals surface area contributed by atoms with Crippen molar-refractivity contribution < 1.29 is 0 Å². The molecule has 1 aromatic heterocycles. The lowest BCUT2D eigenvalue weighted by molar-refractivity contribution is 0.889. The molecule has 0 amide bonds. The highest BCUT2D eigenvalue weighted by Crippen LogP contribution is 2.38. The van der Waals surface area contributed by atoms with E-state index in [1.165, 1.54) is 65.7 Å². The number of rotatable bonds is 1. The molecule has 0 fully saturated rings. The van der Waals surface area contributed by atoms with E-state index >= 15 is 0 Å². The molecule has 0 bridgehead atoms. The van der Waals surface area contributed by atoms with E-state index in [4.69, 9.17) is 0 Å². The Morgan fingerprint density at radius 1 is 0.625 bits per heavy atom. The standard InChI is InChI=1S/C31H23N/c1-20-14-17-31-29(18-20)27-12-6-7-13-30(27)32(31)21-15-16-26-24-10-3-2-8-22(24)23-9-4-5-11-25(23)28(26)19-21/h2-6,8-12,14-19H,7,13H2,1H3. The molecule has 1 heteroatoms. The predicted molar refractivity (Wildman–Crippen MR) is 138 cm³/mol. The van der Waals surface area contributed by atoms with Crippen LogP contribution < -0.4 is 0 Å². The summed E-state index contributed by atoms with van der Waals surface area (Å²) in [6.45, 7) is 2.18. The Balaban J connectivity index is 1.62. The Labute approximate surface area is 187 Å². The van der Waals surface area contributed by atoms with E-state index < -0.39 is 0 Å². The van der Waals surface area contributed by atoms with Gasteiger partial charge in [-0.15, -0.1) is 0 Å². The average Bonchev–Trinajstić information content (AvgIpc) is 3.17. The lowest BCUT2D eigenvalue weighted by atomic mass is 9.94. The third-order valence-electron chi connectivity index (χ3n) is 7.08. The topological polar surface area (TPSA) is 4.93 Å². The highest BCUT2D eigenvalue weighted by atomic mass is 15.0. The van der Waals surface area contributed by atoms with Crippen molar-refractivity contribution in [3.8, 4) is 5.69 Å². The second-order valence-corrected chi connectivity index (χ2v) is 8.98. The largest absolute Gasteiger partial charge is 0.313 e. The van der Waals surface area contributed by atoms with Gasteiger partial charge in [-0.3, -0.25) is 0 Å². The van der Waals surface area contributed by atoms with Crippen LogP contribution in [0.3, 0.4) is 0 Å². The molecule has 0 atom stereocenters. The van der Waals surface area contributed by atoms with Crippen LogP contribution in [0.2, 0.25) is 0 Å². The van der Waals surface area contributed by atoms with Gasteiger partial charge in [-0.05, 0) is 76.3 Å². The Bertz CT molecular complexity index is 1690. The Kier molecular flexibility index (Phi) is 3.66. The molecule has 7 rings (SSSR count). The smallest absolute Gasteiger partial charge is 0.0537 e. The van der Waals surface area contributed by atoms with Crippen molar-refractivity contribution in [2.75, 3.05) is 0 Å².